The molecule has 0 radical (unpaired) electrons. The summed E-state index contributed by atoms with van der Waals surface area (Å²) in [6.45, 7) is 5.12. The first kappa shape index (κ1) is 27.4. The molecule has 0 saturated carbocycles. The van der Waals surface area contributed by atoms with Gasteiger partial charge in [0.1, 0.15) is 16.4 Å². The van der Waals surface area contributed by atoms with Crippen LogP contribution in [0, 0.1) is 0 Å². The molecule has 2 amide bonds. The first-order valence-corrected chi connectivity index (χ1v) is 13.8. The second kappa shape index (κ2) is 11.9. The van der Waals surface area contributed by atoms with E-state index in [1.807, 2.05) is 56.3 Å². The van der Waals surface area contributed by atoms with Crippen LogP contribution in [0.4, 0.5) is 17.3 Å². The quantitative estimate of drug-likeness (QED) is 0.255. The molecule has 1 fully saturated rings. The number of hydrogen-bond acceptors (Lipinski definition) is 9. The number of anilines is 3. The van der Waals surface area contributed by atoms with Gasteiger partial charge in [-0.15, -0.1) is 11.3 Å². The highest BCUT2D eigenvalue weighted by Gasteiger charge is 2.24. The zero-order valence-corrected chi connectivity index (χ0v) is 23.4. The topological polar surface area (TPSA) is 129 Å². The van der Waals surface area contributed by atoms with Gasteiger partial charge in [0.15, 0.2) is 0 Å². The van der Waals surface area contributed by atoms with Gasteiger partial charge in [0.25, 0.3) is 5.91 Å². The molecule has 0 bridgehead atoms. The van der Waals surface area contributed by atoms with Gasteiger partial charge in [-0.3, -0.25) is 9.59 Å². The van der Waals surface area contributed by atoms with Crippen molar-refractivity contribution in [2.75, 3.05) is 30.5 Å². The molecule has 0 atom stereocenters. The van der Waals surface area contributed by atoms with Gasteiger partial charge in [0, 0.05) is 42.1 Å². The number of methoxy groups -OCH3 is 1. The molecule has 40 heavy (non-hydrogen) atoms. The number of nitrogens with two attached hydrogens (primary N) is 1. The molecule has 0 aliphatic carbocycles. The number of ether oxygens (including phenoxy) is 3. The Morgan fingerprint density at radius 1 is 1.20 bits per heavy atom. The Labute approximate surface area is 236 Å². The van der Waals surface area contributed by atoms with Crippen molar-refractivity contribution in [3.8, 4) is 22.6 Å². The molecular formula is C29H31N5O5S. The molecule has 0 unspecified atom stereocenters. The molecule has 0 spiro atoms. The van der Waals surface area contributed by atoms with Crippen LogP contribution in [-0.2, 0) is 9.53 Å². The number of thiophene rings is 1. The highest BCUT2D eigenvalue weighted by molar-refractivity contribution is 7.21. The van der Waals surface area contributed by atoms with Crippen molar-refractivity contribution in [1.29, 1.82) is 0 Å². The third kappa shape index (κ3) is 5.56. The fourth-order valence-corrected chi connectivity index (χ4v) is 5.77. The van der Waals surface area contributed by atoms with Crippen LogP contribution in [0.5, 0.6) is 11.5 Å². The van der Waals surface area contributed by atoms with Gasteiger partial charge in [-0.2, -0.15) is 0 Å². The summed E-state index contributed by atoms with van der Waals surface area (Å²) in [6.07, 6.45) is 3.96. The van der Waals surface area contributed by atoms with Crippen LogP contribution in [0.3, 0.4) is 0 Å². The Morgan fingerprint density at radius 3 is 2.67 bits per heavy atom. The normalized spacial score (nSPS) is 13.8. The van der Waals surface area contributed by atoms with Crippen LogP contribution in [0.15, 0.2) is 48.7 Å². The van der Waals surface area contributed by atoms with E-state index in [1.165, 1.54) is 11.3 Å². The van der Waals surface area contributed by atoms with Crippen LogP contribution in [0.25, 0.3) is 21.3 Å². The molecule has 208 valence electrons. The van der Waals surface area contributed by atoms with Crippen LogP contribution in [0.2, 0.25) is 0 Å². The van der Waals surface area contributed by atoms with E-state index < -0.39 is 5.91 Å². The number of fused-ring (bicyclic) bond motifs is 1. The maximum absolute atomic E-state index is 12.4. The van der Waals surface area contributed by atoms with Gasteiger partial charge in [0.05, 0.1) is 35.3 Å². The van der Waals surface area contributed by atoms with Crippen molar-refractivity contribution in [3.63, 3.8) is 0 Å². The number of benzene rings is 2. The van der Waals surface area contributed by atoms with Crippen LogP contribution < -0.4 is 25.4 Å². The summed E-state index contributed by atoms with van der Waals surface area (Å²) in [7, 11) is 1.58. The highest BCUT2D eigenvalue weighted by atomic mass is 32.1. The summed E-state index contributed by atoms with van der Waals surface area (Å²) in [4.78, 5) is 35.8. The van der Waals surface area contributed by atoms with Gasteiger partial charge in [0.2, 0.25) is 12.4 Å². The van der Waals surface area contributed by atoms with Gasteiger partial charge in [-0.05, 0) is 44.9 Å². The van der Waals surface area contributed by atoms with Gasteiger partial charge in [-0.1, -0.05) is 18.2 Å². The second-order valence-electron chi connectivity index (χ2n) is 9.61. The number of nitrogens with zero attached hydrogens (tertiary/aromatic N) is 3. The van der Waals surface area contributed by atoms with E-state index in [0.29, 0.717) is 62.6 Å². The number of carbonyl (C=O) groups is 2. The maximum atomic E-state index is 12.4. The summed E-state index contributed by atoms with van der Waals surface area (Å²) in [6, 6.07) is 13.0. The van der Waals surface area contributed by atoms with Crippen molar-refractivity contribution in [3.05, 3.63) is 53.5 Å². The molecule has 5 rings (SSSR count). The monoisotopic (exact) mass is 561 g/mol. The molecule has 4 aromatic rings. The summed E-state index contributed by atoms with van der Waals surface area (Å²) < 4.78 is 17.9. The third-order valence-electron chi connectivity index (χ3n) is 6.60. The van der Waals surface area contributed by atoms with E-state index in [9.17, 15) is 9.59 Å². The Balaban J connectivity index is 1.54. The molecule has 1 aliphatic heterocycles. The average Bonchev–Trinajstić information content (AvgIpc) is 3.34. The lowest BCUT2D eigenvalue weighted by Crippen LogP contribution is -2.38. The maximum Gasteiger partial charge on any atom is 0.259 e. The van der Waals surface area contributed by atoms with Crippen molar-refractivity contribution in [1.82, 2.24) is 9.97 Å². The van der Waals surface area contributed by atoms with Crippen molar-refractivity contribution < 1.29 is 23.8 Å². The number of primary amides is 1. The van der Waals surface area contributed by atoms with E-state index in [4.69, 9.17) is 24.9 Å². The van der Waals surface area contributed by atoms with E-state index in [0.717, 1.165) is 24.9 Å². The van der Waals surface area contributed by atoms with Gasteiger partial charge >= 0.3 is 0 Å². The number of amides is 2. The molecule has 11 heteroatoms. The van der Waals surface area contributed by atoms with E-state index >= 15 is 0 Å². The summed E-state index contributed by atoms with van der Waals surface area (Å²) >= 11 is 1.24. The van der Waals surface area contributed by atoms with E-state index in [-0.39, 0.29) is 12.1 Å². The Morgan fingerprint density at radius 2 is 1.98 bits per heavy atom. The predicted molar refractivity (Wildman–Crippen MR) is 156 cm³/mol. The van der Waals surface area contributed by atoms with Crippen molar-refractivity contribution in [2.24, 2.45) is 5.73 Å². The first-order chi connectivity index (χ1) is 19.4. The second-order valence-corrected chi connectivity index (χ2v) is 10.7. The molecular weight excluding hydrogens is 530 g/mol. The summed E-state index contributed by atoms with van der Waals surface area (Å²) in [5.41, 5.74) is 9.02. The molecule has 2 aromatic carbocycles. The van der Waals surface area contributed by atoms with Gasteiger partial charge < -0.3 is 30.2 Å². The van der Waals surface area contributed by atoms with E-state index in [2.05, 4.69) is 10.3 Å². The molecule has 10 nitrogen and oxygen atoms in total. The molecule has 3 heterocycles. The fourth-order valence-electron chi connectivity index (χ4n) is 4.80. The fraction of sp³-hybridized carbons (Fsp3) is 0.310. The SMILES string of the molecule is COc1ccccc1-c1c(C(N)=O)sc2cnc(Nc3ccc(N(C=O)C4CCOCC4)cc3OC(C)C)nc12. The Hall–Kier alpha value is -4.22. The molecule has 1 saturated heterocycles. The minimum absolute atomic E-state index is 0.0640. The standard InChI is InChI=1S/C29H31N5O5S/c1-17(2)39-23-14-19(34(16-35)18-10-12-38-13-11-18)8-9-21(23)32-29-31-15-24-26(33-29)25(27(40-24)28(30)36)20-6-4-5-7-22(20)37-3/h4-9,14-18H,10-13H2,1-3H3,(H2,30,36)(H,31,32,33). The largest absolute Gasteiger partial charge is 0.496 e. The molecule has 2 aromatic heterocycles. The highest BCUT2D eigenvalue weighted by Crippen LogP contribution is 2.42. The van der Waals surface area contributed by atoms with Crippen LogP contribution in [-0.4, -0.2) is 54.8 Å². The van der Waals surface area contributed by atoms with Crippen molar-refractivity contribution >= 4 is 51.2 Å². The zero-order chi connectivity index (χ0) is 28.2. The lowest BCUT2D eigenvalue weighted by atomic mass is 10.0. The smallest absolute Gasteiger partial charge is 0.259 e. The number of rotatable bonds is 10. The number of nitrogens with one attached hydrogen (secondary N) is 1. The van der Waals surface area contributed by atoms with Crippen LogP contribution >= 0.6 is 11.3 Å². The third-order valence-corrected chi connectivity index (χ3v) is 7.73. The Kier molecular flexibility index (Phi) is 8.13. The molecule has 1 aliphatic rings. The van der Waals surface area contributed by atoms with Crippen molar-refractivity contribution in [2.45, 2.75) is 38.8 Å². The lowest BCUT2D eigenvalue weighted by Gasteiger charge is -2.31. The number of para-hydroxylation sites is 1. The Bertz CT molecular complexity index is 1530. The zero-order valence-electron chi connectivity index (χ0n) is 22.5. The minimum Gasteiger partial charge on any atom is -0.496 e. The van der Waals surface area contributed by atoms with Crippen LogP contribution in [0.1, 0.15) is 36.4 Å². The molecule has 3 N–H and O–H groups in total. The first-order valence-electron chi connectivity index (χ1n) is 13.0. The lowest BCUT2D eigenvalue weighted by molar-refractivity contribution is -0.108. The van der Waals surface area contributed by atoms with Gasteiger partial charge in [-0.25, -0.2) is 9.97 Å². The number of hydrogen-bond donors (Lipinski definition) is 2. The summed E-state index contributed by atoms with van der Waals surface area (Å²) in [5.74, 6) is 0.926. The number of aromatic nitrogens is 2. The minimum atomic E-state index is -0.550. The average molecular weight is 562 g/mol. The number of carbonyl (C=O) groups excluding carboxylic acids is 2. The van der Waals surface area contributed by atoms with E-state index in [1.54, 1.807) is 18.2 Å². The summed E-state index contributed by atoms with van der Waals surface area (Å²) in [5, 5.41) is 3.26. The predicted octanol–water partition coefficient (Wildman–Crippen LogP) is 5.14.